The molecule has 15 heteroatoms. The van der Waals surface area contributed by atoms with Gasteiger partial charge in [-0.1, -0.05) is 12.1 Å². The molecule has 1 fully saturated rings. The van der Waals surface area contributed by atoms with Crippen LogP contribution in [0.4, 0.5) is 0 Å². The lowest BCUT2D eigenvalue weighted by atomic mass is 10.3. The number of hydrogen-bond donors (Lipinski definition) is 4. The van der Waals surface area contributed by atoms with Crippen LogP contribution in [0.2, 0.25) is 0 Å². The fraction of sp³-hybridized carbons (Fsp3) is 0.548. The highest BCUT2D eigenvalue weighted by Crippen LogP contribution is 2.07. The number of carboxylic acid groups (broad SMARTS) is 2. The highest BCUT2D eigenvalue weighted by atomic mass is 16.4. The Morgan fingerprint density at radius 3 is 1.46 bits per heavy atom. The number of pyridine rings is 2. The molecule has 0 unspecified atom stereocenters. The minimum Gasteiger partial charge on any atom is -0.480 e. The van der Waals surface area contributed by atoms with Gasteiger partial charge in [0.2, 0.25) is 11.8 Å². The van der Waals surface area contributed by atoms with E-state index in [1.54, 1.807) is 29.2 Å². The van der Waals surface area contributed by atoms with Crippen LogP contribution in [0.5, 0.6) is 0 Å². The van der Waals surface area contributed by atoms with Crippen LogP contribution in [0, 0.1) is 0 Å². The molecule has 0 aliphatic carbocycles. The highest BCUT2D eigenvalue weighted by molar-refractivity contribution is 5.78. The maximum atomic E-state index is 13.1. The van der Waals surface area contributed by atoms with Crippen LogP contribution < -0.4 is 10.6 Å². The number of carboxylic acids is 2. The fourth-order valence-corrected chi connectivity index (χ4v) is 5.14. The first-order chi connectivity index (χ1) is 22.2. The zero-order valence-corrected chi connectivity index (χ0v) is 26.6. The second-order valence-corrected chi connectivity index (χ2v) is 11.3. The van der Waals surface area contributed by atoms with Gasteiger partial charge in [0.15, 0.2) is 0 Å². The van der Waals surface area contributed by atoms with Crippen LogP contribution in [0.3, 0.4) is 0 Å². The lowest BCUT2D eigenvalue weighted by Crippen LogP contribution is -2.50. The second-order valence-electron chi connectivity index (χ2n) is 11.3. The van der Waals surface area contributed by atoms with E-state index in [9.17, 15) is 29.4 Å². The number of nitrogens with zero attached hydrogens (tertiary/aromatic N) is 7. The van der Waals surface area contributed by atoms with E-state index in [1.165, 1.54) is 0 Å². The molecule has 15 nitrogen and oxygen atoms in total. The number of carbonyl (C=O) groups is 4. The van der Waals surface area contributed by atoms with Crippen molar-refractivity contribution in [1.29, 1.82) is 0 Å². The Kier molecular flexibility index (Phi) is 16.0. The molecule has 3 heterocycles. The first-order valence-electron chi connectivity index (χ1n) is 15.5. The molecule has 0 saturated carbocycles. The Hall–Kier alpha value is -4.02. The average molecular weight is 642 g/mol. The molecule has 1 saturated heterocycles. The van der Waals surface area contributed by atoms with E-state index in [0.29, 0.717) is 78.5 Å². The molecule has 0 bridgehead atoms. The number of amides is 2. The van der Waals surface area contributed by atoms with Crippen molar-refractivity contribution in [2.45, 2.75) is 13.1 Å². The molecule has 0 aromatic carbocycles. The minimum atomic E-state index is -0.956. The monoisotopic (exact) mass is 641 g/mol. The van der Waals surface area contributed by atoms with Gasteiger partial charge in [-0.25, -0.2) is 0 Å². The largest absolute Gasteiger partial charge is 0.480 e. The summed E-state index contributed by atoms with van der Waals surface area (Å²) in [5.41, 5.74) is 1.83. The summed E-state index contributed by atoms with van der Waals surface area (Å²) in [5, 5.41) is 24.6. The lowest BCUT2D eigenvalue weighted by molar-refractivity contribution is -0.139. The van der Waals surface area contributed by atoms with Crippen LogP contribution in [0.15, 0.2) is 48.8 Å². The van der Waals surface area contributed by atoms with Gasteiger partial charge in [0, 0.05) is 98.0 Å². The molecule has 0 radical (unpaired) electrons. The molecule has 1 aliphatic heterocycles. The van der Waals surface area contributed by atoms with Gasteiger partial charge in [-0.2, -0.15) is 0 Å². The zero-order valence-electron chi connectivity index (χ0n) is 26.6. The fourth-order valence-electron chi connectivity index (χ4n) is 5.14. The normalized spacial score (nSPS) is 16.3. The van der Waals surface area contributed by atoms with Gasteiger partial charge in [-0.05, 0) is 24.3 Å². The van der Waals surface area contributed by atoms with Crippen LogP contribution >= 0.6 is 0 Å². The zero-order chi connectivity index (χ0) is 33.1. The van der Waals surface area contributed by atoms with Crippen molar-refractivity contribution in [2.75, 3.05) is 98.7 Å². The van der Waals surface area contributed by atoms with Crippen LogP contribution in [-0.2, 0) is 32.3 Å². The first-order valence-corrected chi connectivity index (χ1v) is 15.5. The molecule has 2 aromatic rings. The maximum Gasteiger partial charge on any atom is 0.317 e. The molecule has 1 aliphatic rings. The quantitative estimate of drug-likeness (QED) is 0.181. The van der Waals surface area contributed by atoms with Gasteiger partial charge in [0.05, 0.1) is 37.6 Å². The van der Waals surface area contributed by atoms with E-state index < -0.39 is 11.9 Å². The molecule has 0 atom stereocenters. The molecular formula is C31H47N9O6. The van der Waals surface area contributed by atoms with E-state index in [2.05, 4.69) is 25.5 Å². The number of aromatic nitrogens is 2. The maximum absolute atomic E-state index is 13.1. The van der Waals surface area contributed by atoms with Crippen molar-refractivity contribution in [3.05, 3.63) is 60.2 Å². The van der Waals surface area contributed by atoms with Crippen molar-refractivity contribution in [3.8, 4) is 0 Å². The van der Waals surface area contributed by atoms with Gasteiger partial charge >= 0.3 is 11.9 Å². The Morgan fingerprint density at radius 1 is 0.674 bits per heavy atom. The summed E-state index contributed by atoms with van der Waals surface area (Å²) >= 11 is 0. The Labute approximate surface area is 270 Å². The number of aliphatic carboxylic acids is 2. The summed E-state index contributed by atoms with van der Waals surface area (Å²) in [5.74, 6) is -2.25. The molecule has 46 heavy (non-hydrogen) atoms. The number of carbonyl (C=O) groups excluding carboxylic acids is 2. The standard InChI is InChI=1S/C31H47N9O6/c1-32-28(41)22-36-12-16-38(24-30(43)44)18-14-37(15-19-39(17-13-36)25-31(45)46)23-29(42)35-10-11-40(20-26-6-2-4-8-33-26)21-27-7-3-5-9-34-27/h2-9H,10-25H2,1H3,(H,32,41)(H,35,42)(H,43,44)(H,45,46). The smallest absolute Gasteiger partial charge is 0.317 e. The third-order valence-corrected chi connectivity index (χ3v) is 7.63. The first kappa shape index (κ1) is 36.4. The van der Waals surface area contributed by atoms with Crippen molar-refractivity contribution in [1.82, 2.24) is 45.1 Å². The Morgan fingerprint density at radius 2 is 1.09 bits per heavy atom. The van der Waals surface area contributed by atoms with Gasteiger partial charge in [-0.3, -0.25) is 53.6 Å². The van der Waals surface area contributed by atoms with E-state index in [4.69, 9.17) is 0 Å². The van der Waals surface area contributed by atoms with Crippen LogP contribution in [0.1, 0.15) is 11.4 Å². The van der Waals surface area contributed by atoms with Gasteiger partial charge in [0.25, 0.3) is 0 Å². The lowest BCUT2D eigenvalue weighted by Gasteiger charge is -2.33. The summed E-state index contributed by atoms with van der Waals surface area (Å²) in [7, 11) is 1.55. The molecular weight excluding hydrogens is 594 g/mol. The Balaban J connectivity index is 1.62. The van der Waals surface area contributed by atoms with Gasteiger partial charge in [-0.15, -0.1) is 0 Å². The van der Waals surface area contributed by atoms with E-state index in [1.807, 2.05) is 46.2 Å². The summed E-state index contributed by atoms with van der Waals surface area (Å²) in [4.78, 5) is 66.8. The molecule has 252 valence electrons. The molecule has 3 rings (SSSR count). The summed E-state index contributed by atoms with van der Waals surface area (Å²) in [6, 6.07) is 11.5. The van der Waals surface area contributed by atoms with Crippen molar-refractivity contribution < 1.29 is 29.4 Å². The number of nitrogens with one attached hydrogen (secondary N) is 2. The summed E-state index contributed by atoms with van der Waals surface area (Å²) < 4.78 is 0. The van der Waals surface area contributed by atoms with Crippen molar-refractivity contribution in [2.24, 2.45) is 0 Å². The van der Waals surface area contributed by atoms with Gasteiger partial charge < -0.3 is 20.8 Å². The van der Waals surface area contributed by atoms with Crippen LogP contribution in [-0.4, -0.2) is 167 Å². The molecule has 2 amide bonds. The predicted molar refractivity (Wildman–Crippen MR) is 171 cm³/mol. The Bertz CT molecular complexity index is 1150. The number of likely N-dealkylation sites (N-methyl/N-ethyl adjacent to an activating group) is 1. The second kappa shape index (κ2) is 20.2. The summed E-state index contributed by atoms with van der Waals surface area (Å²) in [6.45, 7) is 5.39. The average Bonchev–Trinajstić information content (AvgIpc) is 3.02. The van der Waals surface area contributed by atoms with E-state index in [-0.39, 0.29) is 38.0 Å². The van der Waals surface area contributed by atoms with E-state index >= 15 is 0 Å². The van der Waals surface area contributed by atoms with Crippen LogP contribution in [0.25, 0.3) is 0 Å². The molecule has 0 spiro atoms. The molecule has 2 aromatic heterocycles. The third-order valence-electron chi connectivity index (χ3n) is 7.63. The molecule has 4 N–H and O–H groups in total. The van der Waals surface area contributed by atoms with Gasteiger partial charge in [0.1, 0.15) is 0 Å². The minimum absolute atomic E-state index is 0.0884. The van der Waals surface area contributed by atoms with Crippen molar-refractivity contribution >= 4 is 23.8 Å². The van der Waals surface area contributed by atoms with Crippen molar-refractivity contribution in [3.63, 3.8) is 0 Å². The summed E-state index contributed by atoms with van der Waals surface area (Å²) in [6.07, 6.45) is 3.51. The third kappa shape index (κ3) is 14.8. The predicted octanol–water partition coefficient (Wildman–Crippen LogP) is -1.27. The van der Waals surface area contributed by atoms with E-state index in [0.717, 1.165) is 11.4 Å². The highest BCUT2D eigenvalue weighted by Gasteiger charge is 2.21. The number of rotatable bonds is 15. The topological polar surface area (TPSA) is 175 Å². The SMILES string of the molecule is CNC(=O)CN1CCN(CC(=O)O)CCN(CC(=O)NCCN(Cc2ccccn2)Cc2ccccn2)CCN(CC(=O)O)CC1. The number of hydrogen-bond acceptors (Lipinski definition) is 11.